The molecule has 220 valence electrons. The number of sulfonamides is 2. The molecule has 9 nitrogen and oxygen atoms in total. The van der Waals surface area contributed by atoms with Gasteiger partial charge in [-0.05, 0) is 67.1 Å². The van der Waals surface area contributed by atoms with Crippen LogP contribution in [0.1, 0.15) is 49.0 Å². The molecule has 1 aromatic heterocycles. The van der Waals surface area contributed by atoms with Crippen molar-refractivity contribution < 1.29 is 26.4 Å². The van der Waals surface area contributed by atoms with Crippen LogP contribution < -0.4 is 15.1 Å². The van der Waals surface area contributed by atoms with Crippen molar-refractivity contribution in [1.29, 1.82) is 0 Å². The van der Waals surface area contributed by atoms with Crippen molar-refractivity contribution in [3.05, 3.63) is 118 Å². The van der Waals surface area contributed by atoms with Gasteiger partial charge in [0.15, 0.2) is 0 Å². The lowest BCUT2D eigenvalue weighted by atomic mass is 9.87. The zero-order chi connectivity index (χ0) is 29.9. The summed E-state index contributed by atoms with van der Waals surface area (Å²) < 4.78 is 62.2. The summed E-state index contributed by atoms with van der Waals surface area (Å²) in [5.41, 5.74) is 0.391. The quantitative estimate of drug-likeness (QED) is 0.206. The Hall–Kier alpha value is -3.93. The van der Waals surface area contributed by atoms with Gasteiger partial charge < -0.3 is 9.52 Å². The van der Waals surface area contributed by atoms with Crippen LogP contribution in [0.4, 0.5) is 5.69 Å². The highest BCUT2D eigenvalue weighted by Gasteiger charge is 2.37. The number of nitrogens with one attached hydrogen (secondary N) is 2. The first-order valence-electron chi connectivity index (χ1n) is 13.7. The first-order chi connectivity index (χ1) is 20.1. The van der Waals surface area contributed by atoms with E-state index in [1.807, 2.05) is 6.92 Å². The normalized spacial score (nSPS) is 15.2. The molecule has 5 rings (SSSR count). The molecule has 0 bridgehead atoms. The summed E-state index contributed by atoms with van der Waals surface area (Å²) in [7, 11) is -7.61. The smallest absolute Gasteiger partial charge is 0.343 e. The van der Waals surface area contributed by atoms with Gasteiger partial charge in [0.25, 0.3) is 10.0 Å². The molecule has 3 aromatic carbocycles. The van der Waals surface area contributed by atoms with E-state index in [1.165, 1.54) is 30.3 Å². The van der Waals surface area contributed by atoms with Crippen molar-refractivity contribution in [3.8, 4) is 5.75 Å². The monoisotopic (exact) mass is 608 g/mol. The number of anilines is 1. The summed E-state index contributed by atoms with van der Waals surface area (Å²) in [6.45, 7) is 1.81. The van der Waals surface area contributed by atoms with Gasteiger partial charge in [-0.3, -0.25) is 4.72 Å². The minimum absolute atomic E-state index is 0.0660. The van der Waals surface area contributed by atoms with Crippen LogP contribution in [0.25, 0.3) is 0 Å². The van der Waals surface area contributed by atoms with Crippen LogP contribution in [0, 0.1) is 5.92 Å². The summed E-state index contributed by atoms with van der Waals surface area (Å²) in [5, 5.41) is 11.1. The van der Waals surface area contributed by atoms with Crippen molar-refractivity contribution >= 4 is 25.7 Å². The lowest BCUT2D eigenvalue weighted by molar-refractivity contribution is 0.391. The maximum atomic E-state index is 13.3. The predicted octanol–water partition coefficient (Wildman–Crippen LogP) is 4.99. The van der Waals surface area contributed by atoms with E-state index in [0.29, 0.717) is 17.7 Å². The minimum atomic E-state index is -3.82. The fraction of sp³-hybridized carbons (Fsp3) is 0.258. The van der Waals surface area contributed by atoms with Crippen LogP contribution in [0.2, 0.25) is 0 Å². The largest absolute Gasteiger partial charge is 0.507 e. The van der Waals surface area contributed by atoms with Crippen molar-refractivity contribution in [3.63, 3.8) is 0 Å². The summed E-state index contributed by atoms with van der Waals surface area (Å²) in [4.78, 5) is 13.6. The zero-order valence-corrected chi connectivity index (χ0v) is 24.6. The van der Waals surface area contributed by atoms with E-state index < -0.39 is 37.6 Å². The van der Waals surface area contributed by atoms with E-state index in [0.717, 1.165) is 12.8 Å². The van der Waals surface area contributed by atoms with Crippen LogP contribution in [0.3, 0.4) is 0 Å². The topological polar surface area (TPSA) is 143 Å². The van der Waals surface area contributed by atoms with E-state index in [4.69, 9.17) is 4.42 Å². The predicted molar refractivity (Wildman–Crippen MR) is 159 cm³/mol. The highest BCUT2D eigenvalue weighted by Crippen LogP contribution is 2.48. The molecule has 1 aliphatic rings. The number of aromatic hydroxyl groups is 1. The molecule has 4 aromatic rings. The van der Waals surface area contributed by atoms with Crippen LogP contribution in [0.15, 0.2) is 110 Å². The number of benzene rings is 3. The fourth-order valence-electron chi connectivity index (χ4n) is 5.04. The van der Waals surface area contributed by atoms with E-state index in [-0.39, 0.29) is 39.2 Å². The minimum Gasteiger partial charge on any atom is -0.507 e. The third-order valence-electron chi connectivity index (χ3n) is 7.29. The molecule has 42 heavy (non-hydrogen) atoms. The Morgan fingerprint density at radius 2 is 1.48 bits per heavy atom. The van der Waals surface area contributed by atoms with Gasteiger partial charge in [-0.15, -0.1) is 0 Å². The number of rotatable bonds is 12. The van der Waals surface area contributed by atoms with E-state index in [1.54, 1.807) is 60.7 Å². The Kier molecular flexibility index (Phi) is 8.53. The highest BCUT2D eigenvalue weighted by atomic mass is 32.2. The van der Waals surface area contributed by atoms with Crippen molar-refractivity contribution in [2.45, 2.75) is 54.4 Å². The third kappa shape index (κ3) is 6.75. The van der Waals surface area contributed by atoms with Crippen LogP contribution in [-0.4, -0.2) is 28.0 Å². The maximum absolute atomic E-state index is 13.3. The first kappa shape index (κ1) is 29.6. The van der Waals surface area contributed by atoms with Gasteiger partial charge in [-0.25, -0.2) is 26.4 Å². The number of hydrogen-bond donors (Lipinski definition) is 3. The van der Waals surface area contributed by atoms with E-state index in [9.17, 15) is 26.7 Å². The lowest BCUT2D eigenvalue weighted by Gasteiger charge is -2.20. The van der Waals surface area contributed by atoms with Gasteiger partial charge in [0.1, 0.15) is 11.5 Å². The Labute approximate surface area is 245 Å². The van der Waals surface area contributed by atoms with Gasteiger partial charge in [-0.2, -0.15) is 0 Å². The van der Waals surface area contributed by atoms with Crippen molar-refractivity contribution in [2.75, 3.05) is 4.72 Å². The van der Waals surface area contributed by atoms with E-state index >= 15 is 0 Å². The molecule has 1 saturated carbocycles. The van der Waals surface area contributed by atoms with Crippen molar-refractivity contribution in [2.24, 2.45) is 5.92 Å². The fourth-order valence-corrected chi connectivity index (χ4v) is 7.45. The Morgan fingerprint density at radius 1 is 0.857 bits per heavy atom. The molecular weight excluding hydrogens is 576 g/mol. The molecule has 0 amide bonds. The van der Waals surface area contributed by atoms with Gasteiger partial charge >= 0.3 is 5.63 Å². The molecule has 2 unspecified atom stereocenters. The van der Waals surface area contributed by atoms with Crippen LogP contribution in [0.5, 0.6) is 5.75 Å². The standard InChI is InChI=1S/C31H32N2O7S2/c1-2-23(32-41(36,37)26-12-5-3-6-13-26)19-25-20-28(34)30(31(35)40-25)29(21-16-17-21)22-10-9-11-24(18-22)33-42(38,39)27-14-7-4-8-15-27/h3-15,18,20-21,23,29,32-34H,2,16-17,19H2,1H3. The average molecular weight is 609 g/mol. The second-order valence-corrected chi connectivity index (χ2v) is 13.8. The molecule has 0 saturated heterocycles. The molecule has 11 heteroatoms. The SMILES string of the molecule is CCC(Cc1cc(O)c(C(c2cccc(NS(=O)(=O)c3ccccc3)c2)C2CC2)c(=O)o1)NS(=O)(=O)c1ccccc1. The maximum Gasteiger partial charge on any atom is 0.343 e. The molecule has 3 N–H and O–H groups in total. The summed E-state index contributed by atoms with van der Waals surface area (Å²) in [6.07, 6.45) is 2.17. The Bertz CT molecular complexity index is 1820. The Balaban J connectivity index is 1.40. The molecule has 1 aliphatic carbocycles. The summed E-state index contributed by atoms with van der Waals surface area (Å²) in [6, 6.07) is 23.6. The summed E-state index contributed by atoms with van der Waals surface area (Å²) in [5.74, 6) is -0.515. The van der Waals surface area contributed by atoms with Gasteiger partial charge in [-0.1, -0.05) is 55.5 Å². The molecule has 1 fully saturated rings. The molecule has 2 atom stereocenters. The first-order valence-corrected chi connectivity index (χ1v) is 16.6. The highest BCUT2D eigenvalue weighted by molar-refractivity contribution is 7.92. The van der Waals surface area contributed by atoms with E-state index in [2.05, 4.69) is 9.44 Å². The number of hydrogen-bond acceptors (Lipinski definition) is 7. The molecule has 0 aliphatic heterocycles. The third-order valence-corrected chi connectivity index (χ3v) is 10.2. The van der Waals surface area contributed by atoms with Crippen molar-refractivity contribution in [1.82, 2.24) is 4.72 Å². The van der Waals surface area contributed by atoms with Crippen LogP contribution >= 0.6 is 0 Å². The lowest BCUT2D eigenvalue weighted by Crippen LogP contribution is -2.36. The van der Waals surface area contributed by atoms with Gasteiger partial charge in [0, 0.05) is 30.1 Å². The van der Waals surface area contributed by atoms with Gasteiger partial charge in [0.2, 0.25) is 10.0 Å². The second kappa shape index (κ2) is 12.1. The van der Waals surface area contributed by atoms with Crippen LogP contribution in [-0.2, 0) is 26.5 Å². The molecule has 0 spiro atoms. The molecule has 1 heterocycles. The average Bonchev–Trinajstić information content (AvgIpc) is 3.80. The molecular formula is C31H32N2O7S2. The molecule has 0 radical (unpaired) electrons. The second-order valence-electron chi connectivity index (χ2n) is 10.4. The van der Waals surface area contributed by atoms with Gasteiger partial charge in [0.05, 0.1) is 15.4 Å². The summed E-state index contributed by atoms with van der Waals surface area (Å²) >= 11 is 0. The zero-order valence-electron chi connectivity index (χ0n) is 22.9. The Morgan fingerprint density at radius 3 is 2.05 bits per heavy atom.